The van der Waals surface area contributed by atoms with E-state index in [-0.39, 0.29) is 17.9 Å². The molecule has 0 aliphatic carbocycles. The number of hydrogen-bond donors (Lipinski definition) is 1. The number of carbonyl (C=O) groups excluding carboxylic acids is 1. The third kappa shape index (κ3) is 4.47. The van der Waals surface area contributed by atoms with E-state index >= 15 is 0 Å². The predicted octanol–water partition coefficient (Wildman–Crippen LogP) is 3.01. The van der Waals surface area contributed by atoms with Crippen LogP contribution in [-0.4, -0.2) is 35.0 Å². The highest BCUT2D eigenvalue weighted by atomic mass is 16.5. The van der Waals surface area contributed by atoms with Gasteiger partial charge in [0.05, 0.1) is 0 Å². The quantitative estimate of drug-likeness (QED) is 0.906. The molecule has 25 heavy (non-hydrogen) atoms. The van der Waals surface area contributed by atoms with Gasteiger partial charge in [-0.2, -0.15) is 0 Å². The number of aromatic nitrogens is 2. The summed E-state index contributed by atoms with van der Waals surface area (Å²) in [5.74, 6) is 2.17. The number of ether oxygens (including phenoxy) is 1. The summed E-state index contributed by atoms with van der Waals surface area (Å²) < 4.78 is 5.90. The van der Waals surface area contributed by atoms with Gasteiger partial charge in [0.25, 0.3) is 5.88 Å². The van der Waals surface area contributed by atoms with Crippen molar-refractivity contribution in [2.45, 2.75) is 32.7 Å². The molecule has 1 aliphatic rings. The molecule has 1 aromatic carbocycles. The standard InChI is InChI=1S/C19H24N4O2/c1-14(2)22-18(24)15-8-12-23(13-9-15)17-19(21-11-10-20-17)25-16-6-4-3-5-7-16/h3-7,10-11,14-15H,8-9,12-13H2,1-2H3,(H,22,24). The van der Waals surface area contributed by atoms with Crippen LogP contribution in [0.4, 0.5) is 5.82 Å². The second-order valence-corrected chi connectivity index (χ2v) is 6.52. The van der Waals surface area contributed by atoms with Crippen LogP contribution in [0.25, 0.3) is 0 Å². The third-order valence-corrected chi connectivity index (χ3v) is 4.20. The van der Waals surface area contributed by atoms with Crippen molar-refractivity contribution in [2.24, 2.45) is 5.92 Å². The molecule has 2 aromatic rings. The lowest BCUT2D eigenvalue weighted by Gasteiger charge is -2.32. The highest BCUT2D eigenvalue weighted by molar-refractivity contribution is 5.79. The summed E-state index contributed by atoms with van der Waals surface area (Å²) in [5.41, 5.74) is 0. The molecule has 0 saturated carbocycles. The molecule has 0 unspecified atom stereocenters. The molecule has 1 N–H and O–H groups in total. The van der Waals surface area contributed by atoms with Crippen molar-refractivity contribution in [3.05, 3.63) is 42.7 Å². The number of rotatable bonds is 5. The largest absolute Gasteiger partial charge is 0.436 e. The van der Waals surface area contributed by atoms with Crippen LogP contribution >= 0.6 is 0 Å². The average Bonchev–Trinajstić information content (AvgIpc) is 2.63. The molecule has 1 amide bonds. The summed E-state index contributed by atoms with van der Waals surface area (Å²) in [4.78, 5) is 23.1. The number of amides is 1. The molecule has 1 aromatic heterocycles. The molecule has 0 radical (unpaired) electrons. The van der Waals surface area contributed by atoms with Crippen molar-refractivity contribution in [3.63, 3.8) is 0 Å². The summed E-state index contributed by atoms with van der Waals surface area (Å²) in [6.45, 7) is 5.50. The first kappa shape index (κ1) is 17.2. The minimum atomic E-state index is 0.0637. The monoisotopic (exact) mass is 340 g/mol. The second-order valence-electron chi connectivity index (χ2n) is 6.52. The molecule has 0 bridgehead atoms. The predicted molar refractivity (Wildman–Crippen MR) is 96.8 cm³/mol. The Hall–Kier alpha value is -2.63. The lowest BCUT2D eigenvalue weighted by atomic mass is 9.95. The van der Waals surface area contributed by atoms with Crippen molar-refractivity contribution in [2.75, 3.05) is 18.0 Å². The summed E-state index contributed by atoms with van der Waals surface area (Å²) in [7, 11) is 0. The summed E-state index contributed by atoms with van der Waals surface area (Å²) >= 11 is 0. The van der Waals surface area contributed by atoms with Crippen LogP contribution in [0, 0.1) is 5.92 Å². The summed E-state index contributed by atoms with van der Waals surface area (Å²) in [6, 6.07) is 9.74. The number of hydrogen-bond acceptors (Lipinski definition) is 5. The number of para-hydroxylation sites is 1. The SMILES string of the molecule is CC(C)NC(=O)C1CCN(c2nccnc2Oc2ccccc2)CC1. The zero-order valence-electron chi connectivity index (χ0n) is 14.7. The van der Waals surface area contributed by atoms with Gasteiger partial charge >= 0.3 is 0 Å². The Morgan fingerprint density at radius 3 is 2.52 bits per heavy atom. The fourth-order valence-electron chi connectivity index (χ4n) is 2.96. The third-order valence-electron chi connectivity index (χ3n) is 4.20. The highest BCUT2D eigenvalue weighted by Gasteiger charge is 2.27. The number of piperidine rings is 1. The average molecular weight is 340 g/mol. The van der Waals surface area contributed by atoms with Crippen LogP contribution in [0.15, 0.2) is 42.7 Å². The Balaban J connectivity index is 1.66. The number of nitrogens with zero attached hydrogens (tertiary/aromatic N) is 3. The van der Waals surface area contributed by atoms with Crippen LogP contribution in [0.5, 0.6) is 11.6 Å². The first-order valence-corrected chi connectivity index (χ1v) is 8.72. The molecule has 3 rings (SSSR count). The van der Waals surface area contributed by atoms with Crippen LogP contribution < -0.4 is 15.0 Å². The Labute approximate surface area is 148 Å². The highest BCUT2D eigenvalue weighted by Crippen LogP contribution is 2.30. The van der Waals surface area contributed by atoms with Crippen LogP contribution in [0.2, 0.25) is 0 Å². The van der Waals surface area contributed by atoms with Crippen molar-refractivity contribution < 1.29 is 9.53 Å². The molecule has 2 heterocycles. The molecule has 6 heteroatoms. The molecular formula is C19H24N4O2. The minimum absolute atomic E-state index is 0.0637. The van der Waals surface area contributed by atoms with Gasteiger partial charge in [0.1, 0.15) is 5.75 Å². The van der Waals surface area contributed by atoms with Gasteiger partial charge in [-0.3, -0.25) is 4.79 Å². The van der Waals surface area contributed by atoms with E-state index in [1.54, 1.807) is 12.4 Å². The van der Waals surface area contributed by atoms with Gasteiger partial charge in [-0.15, -0.1) is 0 Å². The molecule has 132 valence electrons. The smallest absolute Gasteiger partial charge is 0.263 e. The number of nitrogens with one attached hydrogen (secondary N) is 1. The van der Waals surface area contributed by atoms with E-state index in [2.05, 4.69) is 20.2 Å². The van der Waals surface area contributed by atoms with Gasteiger partial charge in [-0.1, -0.05) is 18.2 Å². The first-order valence-electron chi connectivity index (χ1n) is 8.72. The van der Waals surface area contributed by atoms with E-state index in [1.165, 1.54) is 0 Å². The Morgan fingerprint density at radius 2 is 1.84 bits per heavy atom. The van der Waals surface area contributed by atoms with Gasteiger partial charge in [-0.25, -0.2) is 9.97 Å². The van der Waals surface area contributed by atoms with E-state index in [0.717, 1.165) is 37.5 Å². The van der Waals surface area contributed by atoms with Crippen LogP contribution in [0.1, 0.15) is 26.7 Å². The fourth-order valence-corrected chi connectivity index (χ4v) is 2.96. The van der Waals surface area contributed by atoms with Gasteiger partial charge in [-0.05, 0) is 38.8 Å². The molecular weight excluding hydrogens is 316 g/mol. The molecule has 1 fully saturated rings. The van der Waals surface area contributed by atoms with E-state index in [1.807, 2.05) is 44.2 Å². The van der Waals surface area contributed by atoms with Gasteiger partial charge in [0.15, 0.2) is 5.82 Å². The normalized spacial score (nSPS) is 15.2. The maximum Gasteiger partial charge on any atom is 0.263 e. The summed E-state index contributed by atoms with van der Waals surface area (Å²) in [6.07, 6.45) is 4.91. The molecule has 0 spiro atoms. The topological polar surface area (TPSA) is 67.4 Å². The van der Waals surface area contributed by atoms with Crippen molar-refractivity contribution in [1.82, 2.24) is 15.3 Å². The lowest BCUT2D eigenvalue weighted by Crippen LogP contribution is -2.42. The van der Waals surface area contributed by atoms with Crippen LogP contribution in [0.3, 0.4) is 0 Å². The van der Waals surface area contributed by atoms with E-state index in [4.69, 9.17) is 4.74 Å². The van der Waals surface area contributed by atoms with E-state index < -0.39 is 0 Å². The second kappa shape index (κ2) is 7.96. The number of benzene rings is 1. The molecule has 0 atom stereocenters. The molecule has 1 saturated heterocycles. The minimum Gasteiger partial charge on any atom is -0.436 e. The Kier molecular flexibility index (Phi) is 5.48. The van der Waals surface area contributed by atoms with E-state index in [0.29, 0.717) is 5.88 Å². The zero-order chi connectivity index (χ0) is 17.6. The van der Waals surface area contributed by atoms with Crippen molar-refractivity contribution >= 4 is 11.7 Å². The number of carbonyl (C=O) groups is 1. The Morgan fingerprint density at radius 1 is 1.16 bits per heavy atom. The summed E-state index contributed by atoms with van der Waals surface area (Å²) in [5, 5.41) is 3.00. The molecule has 1 aliphatic heterocycles. The number of anilines is 1. The zero-order valence-corrected chi connectivity index (χ0v) is 14.7. The van der Waals surface area contributed by atoms with Gasteiger partial charge in [0, 0.05) is 37.4 Å². The Bertz CT molecular complexity index is 698. The maximum atomic E-state index is 12.2. The maximum absolute atomic E-state index is 12.2. The van der Waals surface area contributed by atoms with Gasteiger partial charge in [0.2, 0.25) is 5.91 Å². The lowest BCUT2D eigenvalue weighted by molar-refractivity contribution is -0.126. The molecule has 6 nitrogen and oxygen atoms in total. The fraction of sp³-hybridized carbons (Fsp3) is 0.421. The van der Waals surface area contributed by atoms with E-state index in [9.17, 15) is 4.79 Å². The van der Waals surface area contributed by atoms with Gasteiger partial charge < -0.3 is 15.0 Å². The van der Waals surface area contributed by atoms with Crippen molar-refractivity contribution in [3.8, 4) is 11.6 Å². The van der Waals surface area contributed by atoms with Crippen molar-refractivity contribution in [1.29, 1.82) is 0 Å². The first-order chi connectivity index (χ1) is 12.1. The van der Waals surface area contributed by atoms with Crippen LogP contribution in [-0.2, 0) is 4.79 Å².